The van der Waals surface area contributed by atoms with Gasteiger partial charge in [-0.2, -0.15) is 0 Å². The van der Waals surface area contributed by atoms with E-state index in [9.17, 15) is 14.4 Å². The number of carbonyl (C=O) groups is 1. The maximum Gasteiger partial charge on any atom is 0.329 e. The first-order chi connectivity index (χ1) is 15.5. The van der Waals surface area contributed by atoms with Crippen LogP contribution in [0.2, 0.25) is 0 Å². The molecule has 2 aromatic carbocycles. The average Bonchev–Trinajstić information content (AvgIpc) is 3.20. The minimum Gasteiger partial charge on any atom is -0.360 e. The molecule has 2 aromatic heterocycles. The molecular formula is C24H21N3O4S. The molecule has 4 aromatic rings. The fourth-order valence-electron chi connectivity index (χ4n) is 3.41. The van der Waals surface area contributed by atoms with Crippen molar-refractivity contribution >= 4 is 17.5 Å². The van der Waals surface area contributed by atoms with Crippen LogP contribution in [0.3, 0.4) is 0 Å². The number of ketones is 1. The van der Waals surface area contributed by atoms with Crippen LogP contribution in [0.4, 0.5) is 0 Å². The van der Waals surface area contributed by atoms with Gasteiger partial charge in [0.2, 0.25) is 0 Å². The van der Waals surface area contributed by atoms with Crippen LogP contribution in [-0.4, -0.2) is 26.2 Å². The van der Waals surface area contributed by atoms with Crippen LogP contribution in [0.1, 0.15) is 27.2 Å². The lowest BCUT2D eigenvalue weighted by Gasteiger charge is -2.10. The summed E-state index contributed by atoms with van der Waals surface area (Å²) in [4.78, 5) is 41.1. The lowest BCUT2D eigenvalue weighted by Crippen LogP contribution is -2.37. The molecule has 4 rings (SSSR count). The fraction of sp³-hybridized carbons (Fsp3) is 0.167. The van der Waals surface area contributed by atoms with Gasteiger partial charge < -0.3 is 9.51 Å². The van der Waals surface area contributed by atoms with Crippen molar-refractivity contribution in [2.24, 2.45) is 0 Å². The lowest BCUT2D eigenvalue weighted by atomic mass is 10.0. The van der Waals surface area contributed by atoms with Gasteiger partial charge in [-0.05, 0) is 19.4 Å². The molecule has 0 amide bonds. The van der Waals surface area contributed by atoms with E-state index in [1.54, 1.807) is 13.8 Å². The predicted molar refractivity (Wildman–Crippen MR) is 123 cm³/mol. The third-order valence-electron chi connectivity index (χ3n) is 5.09. The molecule has 8 heteroatoms. The van der Waals surface area contributed by atoms with Gasteiger partial charge in [0, 0.05) is 11.1 Å². The van der Waals surface area contributed by atoms with Crippen molar-refractivity contribution < 1.29 is 9.32 Å². The smallest absolute Gasteiger partial charge is 0.329 e. The number of thioether (sulfide) groups is 1. The normalized spacial score (nSPS) is 10.9. The fourth-order valence-corrected chi connectivity index (χ4v) is 4.29. The first-order valence-electron chi connectivity index (χ1n) is 10.0. The molecule has 0 unspecified atom stereocenters. The van der Waals surface area contributed by atoms with Crippen LogP contribution in [0.25, 0.3) is 11.3 Å². The van der Waals surface area contributed by atoms with Crippen molar-refractivity contribution in [3.8, 4) is 11.3 Å². The van der Waals surface area contributed by atoms with E-state index < -0.39 is 5.69 Å². The van der Waals surface area contributed by atoms with Crippen molar-refractivity contribution in [2.75, 3.05) is 5.75 Å². The van der Waals surface area contributed by atoms with E-state index >= 15 is 0 Å². The molecule has 0 radical (unpaired) electrons. The highest BCUT2D eigenvalue weighted by Crippen LogP contribution is 2.27. The number of aromatic amines is 1. The Hall–Kier alpha value is -3.65. The SMILES string of the molecule is Cc1onc(-c2ccccc2)c1C(=O)CSc1[nH]c(=O)n(Cc2ccccc2)c(=O)c1C. The van der Waals surface area contributed by atoms with Crippen molar-refractivity contribution in [2.45, 2.75) is 25.4 Å². The second-order valence-corrected chi connectivity index (χ2v) is 8.29. The summed E-state index contributed by atoms with van der Waals surface area (Å²) in [5.74, 6) is 0.264. The van der Waals surface area contributed by atoms with Crippen LogP contribution in [0.15, 0.2) is 79.8 Å². The highest BCUT2D eigenvalue weighted by atomic mass is 32.2. The topological polar surface area (TPSA) is 98.0 Å². The van der Waals surface area contributed by atoms with Gasteiger partial charge in [-0.3, -0.25) is 14.2 Å². The van der Waals surface area contributed by atoms with E-state index in [4.69, 9.17) is 4.52 Å². The summed E-state index contributed by atoms with van der Waals surface area (Å²) in [5.41, 5.74) is 2.03. The number of benzene rings is 2. The molecule has 0 aliphatic rings. The zero-order chi connectivity index (χ0) is 22.7. The first-order valence-corrected chi connectivity index (χ1v) is 11.0. The Morgan fingerprint density at radius 1 is 1.03 bits per heavy atom. The number of nitrogens with zero attached hydrogens (tertiary/aromatic N) is 2. The van der Waals surface area contributed by atoms with E-state index in [-0.39, 0.29) is 23.6 Å². The summed E-state index contributed by atoms with van der Waals surface area (Å²) in [6.07, 6.45) is 0. The molecule has 1 N–H and O–H groups in total. The Morgan fingerprint density at radius 3 is 2.38 bits per heavy atom. The van der Waals surface area contributed by atoms with Crippen LogP contribution >= 0.6 is 11.8 Å². The molecule has 0 fully saturated rings. The van der Waals surface area contributed by atoms with Crippen LogP contribution in [0, 0.1) is 13.8 Å². The molecule has 0 atom stereocenters. The standard InChI is InChI=1S/C24H21N3O4S/c1-15-22(25-24(30)27(23(15)29)13-17-9-5-3-6-10-17)32-14-19(28)20-16(2)31-26-21(20)18-11-7-4-8-12-18/h3-12H,13-14H2,1-2H3,(H,25,30). The van der Waals surface area contributed by atoms with Gasteiger partial charge in [-0.15, -0.1) is 0 Å². The van der Waals surface area contributed by atoms with E-state index in [0.717, 1.165) is 27.5 Å². The minimum atomic E-state index is -0.509. The summed E-state index contributed by atoms with van der Waals surface area (Å²) in [7, 11) is 0. The number of carbonyl (C=O) groups excluding carboxylic acids is 1. The summed E-state index contributed by atoms with van der Waals surface area (Å²) in [6, 6.07) is 18.6. The first kappa shape index (κ1) is 21.6. The summed E-state index contributed by atoms with van der Waals surface area (Å²) in [5, 5.41) is 4.43. The van der Waals surface area contributed by atoms with E-state index in [2.05, 4.69) is 10.1 Å². The molecule has 0 saturated heterocycles. The molecule has 2 heterocycles. The molecular weight excluding hydrogens is 426 g/mol. The Bertz CT molecular complexity index is 1370. The molecule has 0 bridgehead atoms. The quantitative estimate of drug-likeness (QED) is 0.263. The monoisotopic (exact) mass is 447 g/mol. The Kier molecular flexibility index (Phi) is 6.23. The van der Waals surface area contributed by atoms with Gasteiger partial charge in [-0.1, -0.05) is 77.6 Å². The van der Waals surface area contributed by atoms with Gasteiger partial charge in [0.25, 0.3) is 5.56 Å². The zero-order valence-electron chi connectivity index (χ0n) is 17.6. The predicted octanol–water partition coefficient (Wildman–Crippen LogP) is 3.83. The van der Waals surface area contributed by atoms with Crippen LogP contribution in [0.5, 0.6) is 0 Å². The van der Waals surface area contributed by atoms with Crippen LogP contribution in [-0.2, 0) is 6.54 Å². The highest BCUT2D eigenvalue weighted by molar-refractivity contribution is 8.00. The maximum atomic E-state index is 13.0. The molecule has 162 valence electrons. The Balaban J connectivity index is 1.56. The molecule has 0 saturated carbocycles. The number of H-pyrrole nitrogens is 1. The second-order valence-electron chi connectivity index (χ2n) is 7.30. The van der Waals surface area contributed by atoms with Crippen molar-refractivity contribution in [1.82, 2.24) is 14.7 Å². The molecule has 7 nitrogen and oxygen atoms in total. The van der Waals surface area contributed by atoms with Gasteiger partial charge in [0.15, 0.2) is 5.78 Å². The number of hydrogen-bond acceptors (Lipinski definition) is 6. The lowest BCUT2D eigenvalue weighted by molar-refractivity contribution is 0.102. The van der Waals surface area contributed by atoms with E-state index in [0.29, 0.717) is 27.6 Å². The number of Topliss-reactive ketones (excluding diaryl/α,β-unsaturated/α-hetero) is 1. The van der Waals surface area contributed by atoms with Crippen LogP contribution < -0.4 is 11.2 Å². The number of aryl methyl sites for hydroxylation is 1. The van der Waals surface area contributed by atoms with Crippen molar-refractivity contribution in [3.05, 3.63) is 104 Å². The largest absolute Gasteiger partial charge is 0.360 e. The van der Waals surface area contributed by atoms with E-state index in [1.807, 2.05) is 60.7 Å². The molecule has 0 aliphatic heterocycles. The number of nitrogens with one attached hydrogen (secondary N) is 1. The van der Waals surface area contributed by atoms with Gasteiger partial charge in [-0.25, -0.2) is 4.79 Å². The van der Waals surface area contributed by atoms with Gasteiger partial charge in [0.1, 0.15) is 11.5 Å². The summed E-state index contributed by atoms with van der Waals surface area (Å²) < 4.78 is 6.43. The summed E-state index contributed by atoms with van der Waals surface area (Å²) in [6.45, 7) is 3.52. The second kappa shape index (κ2) is 9.23. The molecule has 0 aliphatic carbocycles. The van der Waals surface area contributed by atoms with Crippen molar-refractivity contribution in [3.63, 3.8) is 0 Å². The highest BCUT2D eigenvalue weighted by Gasteiger charge is 2.22. The van der Waals surface area contributed by atoms with Gasteiger partial charge in [0.05, 0.1) is 22.9 Å². The average molecular weight is 448 g/mol. The minimum absolute atomic E-state index is 0.0286. The third kappa shape index (κ3) is 4.36. The van der Waals surface area contributed by atoms with E-state index in [1.165, 1.54) is 0 Å². The maximum absolute atomic E-state index is 13.0. The third-order valence-corrected chi connectivity index (χ3v) is 6.20. The Labute approximate surface area is 188 Å². The Morgan fingerprint density at radius 2 is 1.69 bits per heavy atom. The summed E-state index contributed by atoms with van der Waals surface area (Å²) >= 11 is 1.12. The van der Waals surface area contributed by atoms with Gasteiger partial charge >= 0.3 is 5.69 Å². The zero-order valence-corrected chi connectivity index (χ0v) is 18.4. The number of aromatic nitrogens is 3. The van der Waals surface area contributed by atoms with Crippen molar-refractivity contribution in [1.29, 1.82) is 0 Å². The number of rotatable bonds is 7. The number of hydrogen-bond donors (Lipinski definition) is 1. The molecule has 0 spiro atoms. The molecule has 32 heavy (non-hydrogen) atoms.